The molecule has 1 aliphatic heterocycles. The number of hydrogen-bond donors (Lipinski definition) is 1. The van der Waals surface area contributed by atoms with E-state index in [2.05, 4.69) is 5.32 Å². The molecule has 0 aliphatic carbocycles. The van der Waals surface area contributed by atoms with Gasteiger partial charge < -0.3 is 14.8 Å². The van der Waals surface area contributed by atoms with Crippen LogP contribution < -0.4 is 19.7 Å². The van der Waals surface area contributed by atoms with Crippen LogP contribution in [-0.4, -0.2) is 20.1 Å². The summed E-state index contributed by atoms with van der Waals surface area (Å²) in [7, 11) is 3.01. The fourth-order valence-electron chi connectivity index (χ4n) is 3.31. The van der Waals surface area contributed by atoms with Crippen LogP contribution in [0.2, 0.25) is 0 Å². The van der Waals surface area contributed by atoms with E-state index in [1.165, 1.54) is 25.2 Å². The number of anilines is 3. The lowest BCUT2D eigenvalue weighted by Crippen LogP contribution is -2.30. The van der Waals surface area contributed by atoms with Gasteiger partial charge in [-0.2, -0.15) is 0 Å². The highest BCUT2D eigenvalue weighted by Gasteiger charge is 2.30. The van der Waals surface area contributed by atoms with E-state index in [4.69, 9.17) is 9.47 Å². The van der Waals surface area contributed by atoms with Crippen LogP contribution in [0.25, 0.3) is 0 Å². The number of rotatable bonds is 4. The molecule has 5 nitrogen and oxygen atoms in total. The van der Waals surface area contributed by atoms with Gasteiger partial charge in [-0.25, -0.2) is 4.39 Å². The highest BCUT2D eigenvalue weighted by atomic mass is 19.1. The van der Waals surface area contributed by atoms with E-state index in [1.807, 2.05) is 30.3 Å². The number of carbonyl (C=O) groups is 1. The van der Waals surface area contributed by atoms with Gasteiger partial charge in [0.2, 0.25) is 0 Å². The number of methoxy groups -OCH3 is 2. The smallest absolute Gasteiger partial charge is 0.260 e. The molecule has 0 atom stereocenters. The Morgan fingerprint density at radius 2 is 1.68 bits per heavy atom. The van der Waals surface area contributed by atoms with E-state index >= 15 is 4.39 Å². The fraction of sp³-hybridized carbons (Fsp3) is 0.136. The quantitative estimate of drug-likeness (QED) is 0.712. The first-order valence-corrected chi connectivity index (χ1v) is 8.79. The van der Waals surface area contributed by atoms with Crippen LogP contribution in [0, 0.1) is 5.82 Å². The lowest BCUT2D eigenvalue weighted by molar-refractivity contribution is 0.0985. The summed E-state index contributed by atoms with van der Waals surface area (Å²) in [4.78, 5) is 14.9. The average Bonchev–Trinajstić information content (AvgIpc) is 2.83. The Kier molecular flexibility index (Phi) is 4.61. The lowest BCUT2D eigenvalue weighted by atomic mass is 10.1. The number of nitrogens with one attached hydrogen (secondary N) is 1. The summed E-state index contributed by atoms with van der Waals surface area (Å²) in [6, 6.07) is 17.6. The molecule has 6 heteroatoms. The van der Waals surface area contributed by atoms with Gasteiger partial charge in [-0.05, 0) is 23.8 Å². The number of amides is 1. The molecule has 0 unspecified atom stereocenters. The first-order chi connectivity index (χ1) is 13.6. The number of benzene rings is 3. The zero-order valence-electron chi connectivity index (χ0n) is 15.5. The molecule has 4 rings (SSSR count). The van der Waals surface area contributed by atoms with Gasteiger partial charge in [0.05, 0.1) is 37.7 Å². The van der Waals surface area contributed by atoms with Crippen LogP contribution >= 0.6 is 0 Å². The Labute approximate surface area is 162 Å². The number of halogens is 1. The zero-order valence-corrected chi connectivity index (χ0v) is 15.5. The predicted octanol–water partition coefficient (Wildman–Crippen LogP) is 4.75. The molecule has 0 bridgehead atoms. The third-order valence-corrected chi connectivity index (χ3v) is 4.70. The molecule has 0 aromatic heterocycles. The van der Waals surface area contributed by atoms with E-state index in [0.29, 0.717) is 28.4 Å². The number of ether oxygens (including phenoxy) is 2. The minimum Gasteiger partial charge on any atom is -0.497 e. The van der Waals surface area contributed by atoms with Gasteiger partial charge in [-0.15, -0.1) is 0 Å². The molecule has 0 radical (unpaired) electrons. The van der Waals surface area contributed by atoms with Gasteiger partial charge in [-0.1, -0.05) is 30.3 Å². The van der Waals surface area contributed by atoms with Gasteiger partial charge in [0.15, 0.2) is 5.82 Å². The van der Waals surface area contributed by atoms with Crippen molar-refractivity contribution < 1.29 is 18.7 Å². The number of carbonyl (C=O) groups excluding carboxylic acids is 1. The van der Waals surface area contributed by atoms with Gasteiger partial charge >= 0.3 is 0 Å². The standard InChI is InChI=1S/C22H19FN2O3/c1-27-15-8-9-19-17(10-15)22(26)25(13-14-6-4-3-5-7-14)21-18(23)11-16(28-2)12-20(21)24-19/h3-12,24H,13H2,1-2H3. The van der Waals surface area contributed by atoms with Crippen LogP contribution in [0.3, 0.4) is 0 Å². The summed E-state index contributed by atoms with van der Waals surface area (Å²) in [5, 5.41) is 3.18. The maximum atomic E-state index is 15.1. The van der Waals surface area contributed by atoms with E-state index in [9.17, 15) is 4.79 Å². The molecular weight excluding hydrogens is 359 g/mol. The van der Waals surface area contributed by atoms with Crippen molar-refractivity contribution in [3.05, 3.63) is 77.6 Å². The summed E-state index contributed by atoms with van der Waals surface area (Å²) in [5.41, 5.74) is 2.53. The van der Waals surface area contributed by atoms with Crippen LogP contribution in [0.1, 0.15) is 15.9 Å². The average molecular weight is 378 g/mol. The topological polar surface area (TPSA) is 50.8 Å². The predicted molar refractivity (Wildman–Crippen MR) is 106 cm³/mol. The van der Waals surface area contributed by atoms with Crippen molar-refractivity contribution in [2.24, 2.45) is 0 Å². The molecule has 3 aromatic carbocycles. The first-order valence-electron chi connectivity index (χ1n) is 8.79. The normalized spacial score (nSPS) is 12.5. The van der Waals surface area contributed by atoms with E-state index in [1.54, 1.807) is 24.3 Å². The van der Waals surface area contributed by atoms with Gasteiger partial charge in [0.25, 0.3) is 5.91 Å². The molecule has 142 valence electrons. The second-order valence-corrected chi connectivity index (χ2v) is 6.42. The summed E-state index contributed by atoms with van der Waals surface area (Å²) >= 11 is 0. The van der Waals surface area contributed by atoms with Gasteiger partial charge in [0, 0.05) is 12.1 Å². The molecule has 1 amide bonds. The maximum absolute atomic E-state index is 15.1. The summed E-state index contributed by atoms with van der Waals surface area (Å²) in [6.45, 7) is 0.230. The number of fused-ring (bicyclic) bond motifs is 2. The van der Waals surface area contributed by atoms with Gasteiger partial charge in [-0.3, -0.25) is 9.69 Å². The maximum Gasteiger partial charge on any atom is 0.260 e. The van der Waals surface area contributed by atoms with Gasteiger partial charge in [0.1, 0.15) is 17.2 Å². The molecule has 0 saturated heterocycles. The number of hydrogen-bond acceptors (Lipinski definition) is 4. The van der Waals surface area contributed by atoms with Crippen molar-refractivity contribution in [3.63, 3.8) is 0 Å². The summed E-state index contributed by atoms with van der Waals surface area (Å²) in [6.07, 6.45) is 0. The van der Waals surface area contributed by atoms with Crippen molar-refractivity contribution >= 4 is 23.0 Å². The summed E-state index contributed by atoms with van der Waals surface area (Å²) < 4.78 is 25.5. The number of nitrogens with zero attached hydrogens (tertiary/aromatic N) is 1. The molecule has 1 N–H and O–H groups in total. The van der Waals surface area contributed by atoms with Crippen LogP contribution in [0.5, 0.6) is 11.5 Å². The lowest BCUT2D eigenvalue weighted by Gasteiger charge is -2.24. The second kappa shape index (κ2) is 7.23. The Morgan fingerprint density at radius 3 is 2.39 bits per heavy atom. The molecule has 0 fully saturated rings. The van der Waals surface area contributed by atoms with Crippen LogP contribution in [0.4, 0.5) is 21.5 Å². The molecule has 3 aromatic rings. The molecule has 28 heavy (non-hydrogen) atoms. The Balaban J connectivity index is 1.90. The minimum absolute atomic E-state index is 0.185. The fourth-order valence-corrected chi connectivity index (χ4v) is 3.31. The van der Waals surface area contributed by atoms with Crippen molar-refractivity contribution in [2.75, 3.05) is 24.4 Å². The first kappa shape index (κ1) is 17.9. The monoisotopic (exact) mass is 378 g/mol. The largest absolute Gasteiger partial charge is 0.497 e. The van der Waals surface area contributed by atoms with Crippen LogP contribution in [0.15, 0.2) is 60.7 Å². The molecule has 0 spiro atoms. The third-order valence-electron chi connectivity index (χ3n) is 4.70. The second-order valence-electron chi connectivity index (χ2n) is 6.42. The minimum atomic E-state index is -0.536. The summed E-state index contributed by atoms with van der Waals surface area (Å²) in [5.74, 6) is 0.0735. The Morgan fingerprint density at radius 1 is 0.929 bits per heavy atom. The van der Waals surface area contributed by atoms with Crippen molar-refractivity contribution in [1.29, 1.82) is 0 Å². The third kappa shape index (κ3) is 3.13. The molecule has 1 aliphatic rings. The van der Waals surface area contributed by atoms with Crippen molar-refractivity contribution in [2.45, 2.75) is 6.54 Å². The van der Waals surface area contributed by atoms with Crippen LogP contribution in [-0.2, 0) is 6.54 Å². The Bertz CT molecular complexity index is 1040. The van der Waals surface area contributed by atoms with Crippen molar-refractivity contribution in [3.8, 4) is 11.5 Å². The Hall–Kier alpha value is -3.54. The zero-order chi connectivity index (χ0) is 19.7. The highest BCUT2D eigenvalue weighted by molar-refractivity contribution is 6.13. The molecule has 1 heterocycles. The van der Waals surface area contributed by atoms with Crippen molar-refractivity contribution in [1.82, 2.24) is 0 Å². The highest BCUT2D eigenvalue weighted by Crippen LogP contribution is 2.41. The van der Waals surface area contributed by atoms with E-state index < -0.39 is 5.82 Å². The van der Waals surface area contributed by atoms with E-state index in [0.717, 1.165) is 5.56 Å². The SMILES string of the molecule is COc1cc(F)c2c(c1)Nc1ccc(OC)cc1C(=O)N2Cc1ccccc1. The molecule has 0 saturated carbocycles. The molecular formula is C22H19FN2O3. The van der Waals surface area contributed by atoms with E-state index in [-0.39, 0.29) is 18.1 Å².